The number of carbonyl (C=O) groups excluding carboxylic acids is 1. The SMILES string of the molecule is CC(C)/C(Cl)=N/OC(=O)Nc1ccc(F)cc1F. The quantitative estimate of drug-likeness (QED) is 0.520. The first-order valence-electron chi connectivity index (χ1n) is 5.06. The van der Waals surface area contributed by atoms with Gasteiger partial charge in [-0.2, -0.15) is 0 Å². The molecule has 18 heavy (non-hydrogen) atoms. The molecule has 0 spiro atoms. The van der Waals surface area contributed by atoms with Gasteiger partial charge in [0.15, 0.2) is 0 Å². The molecular formula is C11H11ClF2N2O2. The van der Waals surface area contributed by atoms with Crippen molar-refractivity contribution in [3.63, 3.8) is 0 Å². The summed E-state index contributed by atoms with van der Waals surface area (Å²) in [5.74, 6) is -1.75. The molecule has 1 aromatic carbocycles. The van der Waals surface area contributed by atoms with Crippen molar-refractivity contribution in [2.45, 2.75) is 13.8 Å². The Morgan fingerprint density at radius 3 is 2.67 bits per heavy atom. The molecule has 0 aromatic heterocycles. The normalized spacial score (nSPS) is 11.6. The molecule has 0 fully saturated rings. The zero-order valence-electron chi connectivity index (χ0n) is 9.71. The van der Waals surface area contributed by atoms with E-state index in [0.717, 1.165) is 12.1 Å². The highest BCUT2D eigenvalue weighted by Gasteiger charge is 2.09. The zero-order valence-corrected chi connectivity index (χ0v) is 10.5. The van der Waals surface area contributed by atoms with Crippen LogP contribution in [0.5, 0.6) is 0 Å². The first kappa shape index (κ1) is 14.4. The molecule has 0 saturated carbocycles. The van der Waals surface area contributed by atoms with Crippen LogP contribution in [0.2, 0.25) is 0 Å². The van der Waals surface area contributed by atoms with Crippen LogP contribution in [-0.2, 0) is 4.84 Å². The number of halogens is 3. The van der Waals surface area contributed by atoms with Gasteiger partial charge in [-0.15, -0.1) is 0 Å². The molecule has 1 aromatic rings. The van der Waals surface area contributed by atoms with E-state index < -0.39 is 17.7 Å². The molecule has 0 atom stereocenters. The molecule has 0 unspecified atom stereocenters. The minimum atomic E-state index is -1.01. The van der Waals surface area contributed by atoms with Gasteiger partial charge in [0.1, 0.15) is 16.8 Å². The van der Waals surface area contributed by atoms with Gasteiger partial charge in [0.05, 0.1) is 5.69 Å². The lowest BCUT2D eigenvalue weighted by molar-refractivity contribution is 0.166. The van der Waals surface area contributed by atoms with Crippen LogP contribution in [0.25, 0.3) is 0 Å². The van der Waals surface area contributed by atoms with Crippen LogP contribution in [0, 0.1) is 17.6 Å². The van der Waals surface area contributed by atoms with Crippen molar-refractivity contribution in [1.29, 1.82) is 0 Å². The molecule has 0 aliphatic rings. The smallest absolute Gasteiger partial charge is 0.297 e. The maximum Gasteiger partial charge on any atom is 0.437 e. The van der Waals surface area contributed by atoms with Crippen molar-refractivity contribution in [3.8, 4) is 0 Å². The van der Waals surface area contributed by atoms with Crippen molar-refractivity contribution >= 4 is 28.6 Å². The Morgan fingerprint density at radius 2 is 2.11 bits per heavy atom. The van der Waals surface area contributed by atoms with Gasteiger partial charge in [0.2, 0.25) is 0 Å². The number of nitrogens with zero attached hydrogens (tertiary/aromatic N) is 1. The molecule has 98 valence electrons. The van der Waals surface area contributed by atoms with Crippen LogP contribution in [0.4, 0.5) is 19.3 Å². The van der Waals surface area contributed by atoms with Crippen LogP contribution in [0.15, 0.2) is 23.4 Å². The molecule has 4 nitrogen and oxygen atoms in total. The average molecular weight is 277 g/mol. The third kappa shape index (κ3) is 4.29. The number of hydrogen-bond acceptors (Lipinski definition) is 3. The number of hydrogen-bond donors (Lipinski definition) is 1. The van der Waals surface area contributed by atoms with Gasteiger partial charge in [0.25, 0.3) is 0 Å². The van der Waals surface area contributed by atoms with Crippen molar-refractivity contribution in [2.75, 3.05) is 5.32 Å². The molecule has 0 radical (unpaired) electrons. The summed E-state index contributed by atoms with van der Waals surface area (Å²) in [5, 5.41) is 5.51. The lowest BCUT2D eigenvalue weighted by Crippen LogP contribution is -2.13. The molecule has 1 amide bonds. The summed E-state index contributed by atoms with van der Waals surface area (Å²) in [4.78, 5) is 15.6. The highest BCUT2D eigenvalue weighted by Crippen LogP contribution is 2.15. The fourth-order valence-corrected chi connectivity index (χ4v) is 0.949. The summed E-state index contributed by atoms with van der Waals surface area (Å²) in [6, 6.07) is 2.71. The van der Waals surface area contributed by atoms with E-state index in [1.54, 1.807) is 13.8 Å². The molecule has 0 heterocycles. The summed E-state index contributed by atoms with van der Waals surface area (Å²) in [6.07, 6.45) is -1.01. The molecular weight excluding hydrogens is 266 g/mol. The number of benzene rings is 1. The van der Waals surface area contributed by atoms with E-state index in [2.05, 4.69) is 15.3 Å². The molecule has 1 N–H and O–H groups in total. The van der Waals surface area contributed by atoms with Crippen LogP contribution >= 0.6 is 11.6 Å². The number of amides is 1. The van der Waals surface area contributed by atoms with E-state index in [-0.39, 0.29) is 16.8 Å². The maximum atomic E-state index is 13.2. The Labute approximate surface area is 108 Å². The summed E-state index contributed by atoms with van der Waals surface area (Å²) in [7, 11) is 0. The van der Waals surface area contributed by atoms with E-state index in [1.165, 1.54) is 0 Å². The number of anilines is 1. The van der Waals surface area contributed by atoms with Gasteiger partial charge < -0.3 is 0 Å². The standard InChI is InChI=1S/C11H11ClF2N2O2/c1-6(2)10(12)16-18-11(17)15-9-4-3-7(13)5-8(9)14/h3-6H,1-2H3,(H,15,17)/b16-10-. The molecule has 0 bridgehead atoms. The Balaban J connectivity index is 2.63. The third-order valence-electron chi connectivity index (χ3n) is 1.86. The van der Waals surface area contributed by atoms with E-state index in [0.29, 0.717) is 6.07 Å². The van der Waals surface area contributed by atoms with Crippen molar-refractivity contribution in [1.82, 2.24) is 0 Å². The average Bonchev–Trinajstić information content (AvgIpc) is 2.29. The molecule has 7 heteroatoms. The third-order valence-corrected chi connectivity index (χ3v) is 2.37. The number of nitrogens with one attached hydrogen (secondary N) is 1. The summed E-state index contributed by atoms with van der Waals surface area (Å²) in [6.45, 7) is 3.51. The van der Waals surface area contributed by atoms with Gasteiger partial charge >= 0.3 is 6.09 Å². The number of oxime groups is 1. The molecule has 1 rings (SSSR count). The van der Waals surface area contributed by atoms with Crippen LogP contribution in [0.3, 0.4) is 0 Å². The maximum absolute atomic E-state index is 13.2. The Kier molecular flexibility index (Phi) is 5.03. The lowest BCUT2D eigenvalue weighted by Gasteiger charge is -2.05. The molecule has 0 saturated heterocycles. The summed E-state index contributed by atoms with van der Waals surface area (Å²) >= 11 is 5.64. The summed E-state index contributed by atoms with van der Waals surface area (Å²) in [5.41, 5.74) is -0.211. The summed E-state index contributed by atoms with van der Waals surface area (Å²) < 4.78 is 25.8. The van der Waals surface area contributed by atoms with Crippen LogP contribution < -0.4 is 5.32 Å². The predicted octanol–water partition coefficient (Wildman–Crippen LogP) is 3.72. The van der Waals surface area contributed by atoms with Gasteiger partial charge in [-0.3, -0.25) is 10.2 Å². The predicted molar refractivity (Wildman–Crippen MR) is 64.6 cm³/mol. The van der Waals surface area contributed by atoms with Gasteiger partial charge in [-0.05, 0) is 12.1 Å². The number of carbonyl (C=O) groups is 1. The van der Waals surface area contributed by atoms with E-state index >= 15 is 0 Å². The minimum absolute atomic E-state index is 0.0953. The molecule has 0 aliphatic heterocycles. The molecule has 0 aliphatic carbocycles. The highest BCUT2D eigenvalue weighted by molar-refractivity contribution is 6.65. The van der Waals surface area contributed by atoms with E-state index in [9.17, 15) is 13.6 Å². The first-order chi connectivity index (χ1) is 8.40. The number of rotatable bonds is 3. The Bertz CT molecular complexity index is 478. The first-order valence-corrected chi connectivity index (χ1v) is 5.44. The second kappa shape index (κ2) is 6.30. The second-order valence-corrected chi connectivity index (χ2v) is 4.08. The zero-order chi connectivity index (χ0) is 13.7. The monoisotopic (exact) mass is 276 g/mol. The minimum Gasteiger partial charge on any atom is -0.297 e. The van der Waals surface area contributed by atoms with Gasteiger partial charge in [-0.1, -0.05) is 30.6 Å². The fourth-order valence-electron chi connectivity index (χ4n) is 0.914. The van der Waals surface area contributed by atoms with E-state index in [1.807, 2.05) is 0 Å². The Hall–Kier alpha value is -1.69. The van der Waals surface area contributed by atoms with Crippen molar-refractivity contribution in [2.24, 2.45) is 11.1 Å². The van der Waals surface area contributed by atoms with Gasteiger partial charge in [0, 0.05) is 12.0 Å². The topological polar surface area (TPSA) is 50.7 Å². The van der Waals surface area contributed by atoms with E-state index in [4.69, 9.17) is 11.6 Å². The van der Waals surface area contributed by atoms with Crippen LogP contribution in [0.1, 0.15) is 13.8 Å². The van der Waals surface area contributed by atoms with Crippen molar-refractivity contribution in [3.05, 3.63) is 29.8 Å². The van der Waals surface area contributed by atoms with Crippen molar-refractivity contribution < 1.29 is 18.4 Å². The Morgan fingerprint density at radius 1 is 1.44 bits per heavy atom. The largest absolute Gasteiger partial charge is 0.437 e. The fraction of sp³-hybridized carbons (Fsp3) is 0.273. The second-order valence-electron chi connectivity index (χ2n) is 3.70. The highest BCUT2D eigenvalue weighted by atomic mass is 35.5. The van der Waals surface area contributed by atoms with Crippen LogP contribution in [-0.4, -0.2) is 11.3 Å². The lowest BCUT2D eigenvalue weighted by atomic mass is 10.2. The van der Waals surface area contributed by atoms with Gasteiger partial charge in [-0.25, -0.2) is 13.6 Å².